The molecule has 18 heavy (non-hydrogen) atoms. The number of carboxylic acid groups (broad SMARTS) is 1. The summed E-state index contributed by atoms with van der Waals surface area (Å²) in [6, 6.07) is 3.50. The predicted molar refractivity (Wildman–Crippen MR) is 64.8 cm³/mol. The summed E-state index contributed by atoms with van der Waals surface area (Å²) in [6.45, 7) is 1.69. The number of hydrogen-bond donors (Lipinski definition) is 2. The second-order valence-electron chi connectivity index (χ2n) is 3.85. The maximum absolute atomic E-state index is 12.8. The van der Waals surface area contributed by atoms with Crippen molar-refractivity contribution in [2.75, 3.05) is 0 Å². The Balaban J connectivity index is 2.62. The van der Waals surface area contributed by atoms with E-state index in [1.165, 1.54) is 12.1 Å². The average molecular weight is 274 g/mol. The van der Waals surface area contributed by atoms with E-state index in [1.54, 1.807) is 6.92 Å². The molecule has 0 fully saturated rings. The molecule has 0 aliphatic carbocycles. The summed E-state index contributed by atoms with van der Waals surface area (Å²) in [6.07, 6.45) is -0.325. The third-order valence-corrected chi connectivity index (χ3v) is 2.70. The molecule has 4 nitrogen and oxygen atoms in total. The summed E-state index contributed by atoms with van der Waals surface area (Å²) in [5.74, 6) is -1.86. The Morgan fingerprint density at radius 2 is 2.11 bits per heavy atom. The van der Waals surface area contributed by atoms with Crippen LogP contribution in [0, 0.1) is 5.82 Å². The first kappa shape index (κ1) is 14.4. The summed E-state index contributed by atoms with van der Waals surface area (Å²) in [4.78, 5) is 21.7. The van der Waals surface area contributed by atoms with Gasteiger partial charge in [0.2, 0.25) is 5.91 Å². The van der Waals surface area contributed by atoms with Gasteiger partial charge in [0.15, 0.2) is 0 Å². The highest BCUT2D eigenvalue weighted by atomic mass is 35.5. The Hall–Kier alpha value is -1.62. The van der Waals surface area contributed by atoms with Gasteiger partial charge in [0.25, 0.3) is 0 Å². The Morgan fingerprint density at radius 1 is 1.44 bits per heavy atom. The highest BCUT2D eigenvalue weighted by Crippen LogP contribution is 2.23. The molecule has 0 bridgehead atoms. The molecule has 0 spiro atoms. The van der Waals surface area contributed by atoms with Crippen molar-refractivity contribution in [2.24, 2.45) is 0 Å². The van der Waals surface area contributed by atoms with E-state index in [1.807, 2.05) is 0 Å². The van der Waals surface area contributed by atoms with Crippen LogP contribution in [0.4, 0.5) is 4.39 Å². The van der Waals surface area contributed by atoms with Crippen LogP contribution in [0.2, 0.25) is 5.02 Å². The number of benzene rings is 1. The van der Waals surface area contributed by atoms with Gasteiger partial charge in [0, 0.05) is 11.4 Å². The van der Waals surface area contributed by atoms with Crippen LogP contribution >= 0.6 is 11.6 Å². The van der Waals surface area contributed by atoms with Crippen LogP contribution in [0.5, 0.6) is 0 Å². The van der Waals surface area contributed by atoms with Crippen LogP contribution in [-0.4, -0.2) is 17.0 Å². The number of rotatable bonds is 5. The van der Waals surface area contributed by atoms with Crippen LogP contribution in [-0.2, 0) is 9.59 Å². The molecule has 0 saturated carbocycles. The van der Waals surface area contributed by atoms with E-state index in [2.05, 4.69) is 5.32 Å². The Labute approximate surface area is 109 Å². The van der Waals surface area contributed by atoms with Gasteiger partial charge in [0.05, 0.1) is 12.5 Å². The fourth-order valence-corrected chi connectivity index (χ4v) is 1.80. The zero-order valence-electron chi connectivity index (χ0n) is 9.74. The smallest absolute Gasteiger partial charge is 0.303 e. The first-order valence-corrected chi connectivity index (χ1v) is 5.74. The Bertz CT molecular complexity index is 465. The van der Waals surface area contributed by atoms with Gasteiger partial charge in [-0.15, -0.1) is 0 Å². The molecule has 1 rings (SSSR count). The minimum absolute atomic E-state index is 0.0987. The lowest BCUT2D eigenvalue weighted by molar-refractivity contribution is -0.138. The molecular formula is C12H13ClFNO3. The molecule has 1 aromatic carbocycles. The number of carbonyl (C=O) groups excluding carboxylic acids is 1. The van der Waals surface area contributed by atoms with Crippen molar-refractivity contribution < 1.29 is 19.1 Å². The second kappa shape index (κ2) is 6.35. The fraction of sp³-hybridized carbons (Fsp3) is 0.333. The molecule has 2 N–H and O–H groups in total. The highest BCUT2D eigenvalue weighted by molar-refractivity contribution is 6.31. The topological polar surface area (TPSA) is 66.4 Å². The third-order valence-electron chi connectivity index (χ3n) is 2.37. The molecule has 1 amide bonds. The maximum Gasteiger partial charge on any atom is 0.303 e. The maximum atomic E-state index is 12.8. The molecule has 0 aromatic heterocycles. The monoisotopic (exact) mass is 273 g/mol. The number of aliphatic carboxylic acids is 1. The van der Waals surface area contributed by atoms with Crippen LogP contribution in [0.3, 0.4) is 0 Å². The lowest BCUT2D eigenvalue weighted by atomic mass is 10.1. The van der Waals surface area contributed by atoms with Crippen molar-refractivity contribution in [3.63, 3.8) is 0 Å². The number of amides is 1. The lowest BCUT2D eigenvalue weighted by Gasteiger charge is -2.15. The standard InChI is InChI=1S/C12H13ClFNO3/c1-7(15-11(16)4-5-12(17)18)9-3-2-8(14)6-10(9)13/h2-3,6-7H,4-5H2,1H3,(H,15,16)(H,17,18). The van der Waals surface area contributed by atoms with Crippen LogP contribution < -0.4 is 5.32 Å². The van der Waals surface area contributed by atoms with Gasteiger partial charge in [0.1, 0.15) is 5.82 Å². The lowest BCUT2D eigenvalue weighted by Crippen LogP contribution is -2.27. The quantitative estimate of drug-likeness (QED) is 0.866. The first-order valence-electron chi connectivity index (χ1n) is 5.36. The summed E-state index contributed by atoms with van der Waals surface area (Å²) < 4.78 is 12.8. The number of halogens is 2. The van der Waals surface area contributed by atoms with E-state index in [0.717, 1.165) is 6.07 Å². The fourth-order valence-electron chi connectivity index (χ4n) is 1.46. The van der Waals surface area contributed by atoms with E-state index < -0.39 is 17.8 Å². The zero-order chi connectivity index (χ0) is 13.7. The van der Waals surface area contributed by atoms with Crippen molar-refractivity contribution in [3.8, 4) is 0 Å². The number of hydrogen-bond acceptors (Lipinski definition) is 2. The zero-order valence-corrected chi connectivity index (χ0v) is 10.5. The van der Waals surface area contributed by atoms with Gasteiger partial charge in [-0.25, -0.2) is 4.39 Å². The van der Waals surface area contributed by atoms with Gasteiger partial charge in [-0.2, -0.15) is 0 Å². The molecular weight excluding hydrogens is 261 g/mol. The minimum atomic E-state index is -1.03. The molecule has 98 valence electrons. The first-order chi connectivity index (χ1) is 8.40. The van der Waals surface area contributed by atoms with Crippen LogP contribution in [0.25, 0.3) is 0 Å². The summed E-state index contributed by atoms with van der Waals surface area (Å²) >= 11 is 5.85. The molecule has 0 heterocycles. The van der Waals surface area contributed by atoms with Crippen molar-refractivity contribution >= 4 is 23.5 Å². The van der Waals surface area contributed by atoms with Crippen LogP contribution in [0.15, 0.2) is 18.2 Å². The number of nitrogens with one attached hydrogen (secondary N) is 1. The van der Waals surface area contributed by atoms with E-state index >= 15 is 0 Å². The van der Waals surface area contributed by atoms with E-state index in [9.17, 15) is 14.0 Å². The van der Waals surface area contributed by atoms with Crippen molar-refractivity contribution in [1.29, 1.82) is 0 Å². The average Bonchev–Trinajstić information content (AvgIpc) is 2.26. The summed E-state index contributed by atoms with van der Waals surface area (Å²) in [7, 11) is 0. The largest absolute Gasteiger partial charge is 0.481 e. The molecule has 1 aromatic rings. The molecule has 0 aliphatic heterocycles. The van der Waals surface area contributed by atoms with Gasteiger partial charge in [-0.3, -0.25) is 9.59 Å². The molecule has 0 aliphatic rings. The third kappa shape index (κ3) is 4.33. The normalized spacial score (nSPS) is 11.9. The Kier molecular flexibility index (Phi) is 5.09. The number of carbonyl (C=O) groups is 2. The van der Waals surface area contributed by atoms with E-state index in [-0.39, 0.29) is 23.8 Å². The molecule has 0 radical (unpaired) electrons. The van der Waals surface area contributed by atoms with Gasteiger partial charge in [-0.1, -0.05) is 17.7 Å². The van der Waals surface area contributed by atoms with Gasteiger partial charge < -0.3 is 10.4 Å². The van der Waals surface area contributed by atoms with Crippen LogP contribution in [0.1, 0.15) is 31.4 Å². The van der Waals surface area contributed by atoms with Crippen molar-refractivity contribution in [1.82, 2.24) is 5.32 Å². The molecule has 1 atom stereocenters. The van der Waals surface area contributed by atoms with Gasteiger partial charge in [-0.05, 0) is 24.6 Å². The van der Waals surface area contributed by atoms with E-state index in [4.69, 9.17) is 16.7 Å². The minimum Gasteiger partial charge on any atom is -0.481 e. The van der Waals surface area contributed by atoms with Gasteiger partial charge >= 0.3 is 5.97 Å². The highest BCUT2D eigenvalue weighted by Gasteiger charge is 2.13. The second-order valence-corrected chi connectivity index (χ2v) is 4.26. The van der Waals surface area contributed by atoms with E-state index in [0.29, 0.717) is 5.56 Å². The van der Waals surface area contributed by atoms with Crippen molar-refractivity contribution in [3.05, 3.63) is 34.6 Å². The SMILES string of the molecule is CC(NC(=O)CCC(=O)O)c1ccc(F)cc1Cl. The summed E-state index contributed by atoms with van der Waals surface area (Å²) in [5.41, 5.74) is 0.585. The summed E-state index contributed by atoms with van der Waals surface area (Å²) in [5, 5.41) is 11.3. The predicted octanol–water partition coefficient (Wildman–Crippen LogP) is 2.52. The van der Waals surface area contributed by atoms with Crippen molar-refractivity contribution in [2.45, 2.75) is 25.8 Å². The molecule has 1 unspecified atom stereocenters. The number of carboxylic acids is 1. The molecule has 0 saturated heterocycles. The molecule has 6 heteroatoms. The Morgan fingerprint density at radius 3 is 2.67 bits per heavy atom.